The van der Waals surface area contributed by atoms with E-state index in [1.165, 1.54) is 30.6 Å². The van der Waals surface area contributed by atoms with Gasteiger partial charge < -0.3 is 0 Å². The molecule has 2 atom stereocenters. The highest BCUT2D eigenvalue weighted by atomic mass is 32.2. The average Bonchev–Trinajstić information content (AvgIpc) is 2.54. The summed E-state index contributed by atoms with van der Waals surface area (Å²) in [6, 6.07) is 4.35. The number of hydrogen-bond donors (Lipinski definition) is 0. The molecule has 1 radical (unpaired) electrons. The maximum Gasteiger partial charge on any atom is 0.185 e. The lowest BCUT2D eigenvalue weighted by Crippen LogP contribution is -2.14. The van der Waals surface area contributed by atoms with Gasteiger partial charge in [-0.3, -0.25) is 5.11 Å². The quantitative estimate of drug-likeness (QED) is 0.307. The van der Waals surface area contributed by atoms with Crippen LogP contribution >= 0.6 is 11.8 Å². The minimum Gasteiger partial charge on any atom is -0.289 e. The first-order valence-corrected chi connectivity index (χ1v) is 10.6. The van der Waals surface area contributed by atoms with Crippen LogP contribution in [0.5, 0.6) is 5.75 Å². The van der Waals surface area contributed by atoms with Crippen LogP contribution < -0.4 is 0 Å². The van der Waals surface area contributed by atoms with Gasteiger partial charge in [-0.25, -0.2) is 0 Å². The summed E-state index contributed by atoms with van der Waals surface area (Å²) in [6.45, 7) is 15.6. The van der Waals surface area contributed by atoms with E-state index in [1.807, 2.05) is 11.8 Å². The van der Waals surface area contributed by atoms with Gasteiger partial charge in [0.1, 0.15) is 0 Å². The van der Waals surface area contributed by atoms with Crippen molar-refractivity contribution in [2.24, 2.45) is 0 Å². The number of benzene rings is 1. The highest BCUT2D eigenvalue weighted by Gasteiger charge is 2.23. The highest BCUT2D eigenvalue weighted by molar-refractivity contribution is 8.00. The monoisotopic (exact) mass is 349 g/mol. The topological polar surface area (TPSA) is 19.9 Å². The fourth-order valence-electron chi connectivity index (χ4n) is 3.05. The molecule has 0 spiro atoms. The van der Waals surface area contributed by atoms with E-state index >= 15 is 0 Å². The molecule has 0 bridgehead atoms. The van der Waals surface area contributed by atoms with E-state index in [1.54, 1.807) is 0 Å². The second-order valence-corrected chi connectivity index (χ2v) is 9.65. The molecule has 2 heteroatoms. The van der Waals surface area contributed by atoms with Gasteiger partial charge >= 0.3 is 0 Å². The molecule has 137 valence electrons. The minimum absolute atomic E-state index is 0.221. The van der Waals surface area contributed by atoms with E-state index < -0.39 is 0 Å². The lowest BCUT2D eigenvalue weighted by Gasteiger charge is -2.26. The number of hydrogen-bond acceptors (Lipinski definition) is 1. The van der Waals surface area contributed by atoms with Crippen LogP contribution in [-0.2, 0) is 5.11 Å². The first-order valence-electron chi connectivity index (χ1n) is 9.79. The second kappa shape index (κ2) is 9.75. The fourth-order valence-corrected chi connectivity index (χ4v) is 4.30. The molecule has 0 aliphatic rings. The lowest BCUT2D eigenvalue weighted by atomic mass is 9.90. The molecule has 0 aliphatic heterocycles. The molecule has 0 aromatic heterocycles. The molecule has 0 N–H and O–H groups in total. The molecule has 0 saturated carbocycles. The standard InChI is InChI=1S/C22H37OS/c1-8-11-12-13-22(6,7)24-18-14-19(16(4)9-2)21(23)20(15-18)17(5)10-3/h14-17H,8-13H2,1-7H3. The molecule has 0 amide bonds. The zero-order chi connectivity index (χ0) is 18.3. The van der Waals surface area contributed by atoms with E-state index in [0.29, 0.717) is 11.8 Å². The molecule has 0 fully saturated rings. The molecule has 0 saturated heterocycles. The van der Waals surface area contributed by atoms with E-state index in [9.17, 15) is 5.11 Å². The second-order valence-electron chi connectivity index (χ2n) is 7.87. The SMILES string of the molecule is CCCCCC(C)(C)Sc1cc(C(C)CC)c([O])c(C(C)CC)c1. The molecule has 0 heterocycles. The van der Waals surface area contributed by atoms with Crippen molar-refractivity contribution in [3.63, 3.8) is 0 Å². The fraction of sp³-hybridized carbons (Fsp3) is 0.727. The Labute approximate surface area is 154 Å². The van der Waals surface area contributed by atoms with Gasteiger partial charge in [-0.1, -0.05) is 67.7 Å². The van der Waals surface area contributed by atoms with Crippen LogP contribution in [0, 0.1) is 0 Å². The van der Waals surface area contributed by atoms with Crippen LogP contribution in [0.1, 0.15) is 110 Å². The van der Waals surface area contributed by atoms with Crippen LogP contribution in [0.25, 0.3) is 0 Å². The molecule has 1 rings (SSSR count). The molecule has 1 aromatic carbocycles. The van der Waals surface area contributed by atoms with Crippen molar-refractivity contribution in [2.75, 3.05) is 0 Å². The number of rotatable bonds is 10. The zero-order valence-electron chi connectivity index (χ0n) is 16.9. The van der Waals surface area contributed by atoms with Crippen molar-refractivity contribution < 1.29 is 5.11 Å². The predicted molar refractivity (Wildman–Crippen MR) is 108 cm³/mol. The number of thioether (sulfide) groups is 1. The molecular formula is C22H37OS. The summed E-state index contributed by atoms with van der Waals surface area (Å²) in [4.78, 5) is 1.28. The summed E-state index contributed by atoms with van der Waals surface area (Å²) in [5.74, 6) is 0.958. The third-order valence-corrected chi connectivity index (χ3v) is 6.41. The van der Waals surface area contributed by atoms with E-state index in [0.717, 1.165) is 24.0 Å². The zero-order valence-corrected chi connectivity index (χ0v) is 17.7. The Bertz CT molecular complexity index is 476. The first-order chi connectivity index (χ1) is 11.3. The third-order valence-electron chi connectivity index (χ3n) is 5.18. The largest absolute Gasteiger partial charge is 0.289 e. The molecular weight excluding hydrogens is 312 g/mol. The molecule has 24 heavy (non-hydrogen) atoms. The molecule has 1 aromatic rings. The Kier molecular flexibility index (Phi) is 8.70. The van der Waals surface area contributed by atoms with Gasteiger partial charge in [-0.05, 0) is 43.2 Å². The van der Waals surface area contributed by atoms with Crippen molar-refractivity contribution >= 4 is 11.8 Å². The Morgan fingerprint density at radius 3 is 1.88 bits per heavy atom. The van der Waals surface area contributed by atoms with Crippen molar-refractivity contribution in [1.29, 1.82) is 0 Å². The van der Waals surface area contributed by atoms with Crippen molar-refractivity contribution in [3.8, 4) is 5.75 Å². The van der Waals surface area contributed by atoms with E-state index in [2.05, 4.69) is 60.6 Å². The van der Waals surface area contributed by atoms with Gasteiger partial charge in [-0.15, -0.1) is 11.8 Å². The molecule has 2 unspecified atom stereocenters. The lowest BCUT2D eigenvalue weighted by molar-refractivity contribution is 0.338. The van der Waals surface area contributed by atoms with Crippen LogP contribution in [0.2, 0.25) is 0 Å². The summed E-state index contributed by atoms with van der Waals surface area (Å²) in [5.41, 5.74) is 2.03. The smallest absolute Gasteiger partial charge is 0.185 e. The van der Waals surface area contributed by atoms with Gasteiger partial charge in [0.25, 0.3) is 0 Å². The summed E-state index contributed by atoms with van der Waals surface area (Å²) in [7, 11) is 0. The Morgan fingerprint density at radius 1 is 0.958 bits per heavy atom. The number of unbranched alkanes of at least 4 members (excludes halogenated alkanes) is 2. The van der Waals surface area contributed by atoms with Gasteiger partial charge in [0.15, 0.2) is 5.75 Å². The van der Waals surface area contributed by atoms with Crippen LogP contribution in [0.3, 0.4) is 0 Å². The van der Waals surface area contributed by atoms with Crippen LogP contribution in [0.15, 0.2) is 17.0 Å². The molecule has 0 aliphatic carbocycles. The van der Waals surface area contributed by atoms with Crippen molar-refractivity contribution in [1.82, 2.24) is 0 Å². The first kappa shape index (κ1) is 21.4. The summed E-state index contributed by atoms with van der Waals surface area (Å²) < 4.78 is 0.221. The van der Waals surface area contributed by atoms with Crippen LogP contribution in [0.4, 0.5) is 0 Å². The van der Waals surface area contributed by atoms with Crippen molar-refractivity contribution in [2.45, 2.75) is 108 Å². The summed E-state index contributed by atoms with van der Waals surface area (Å²) in [6.07, 6.45) is 7.11. The van der Waals surface area contributed by atoms with Crippen molar-refractivity contribution in [3.05, 3.63) is 23.3 Å². The predicted octanol–water partition coefficient (Wildman–Crippen LogP) is 8.31. The third kappa shape index (κ3) is 6.02. The van der Waals surface area contributed by atoms with Gasteiger partial charge in [0.05, 0.1) is 0 Å². The van der Waals surface area contributed by atoms with Gasteiger partial charge in [0, 0.05) is 20.8 Å². The molecule has 1 nitrogen and oxygen atoms in total. The Balaban J connectivity index is 3.13. The Morgan fingerprint density at radius 2 is 1.46 bits per heavy atom. The summed E-state index contributed by atoms with van der Waals surface area (Å²) >= 11 is 1.95. The maximum atomic E-state index is 12.9. The van der Waals surface area contributed by atoms with E-state index in [-0.39, 0.29) is 10.5 Å². The van der Waals surface area contributed by atoms with Gasteiger partial charge in [0.2, 0.25) is 0 Å². The maximum absolute atomic E-state index is 12.9. The van der Waals surface area contributed by atoms with E-state index in [4.69, 9.17) is 0 Å². The van der Waals surface area contributed by atoms with Gasteiger partial charge in [-0.2, -0.15) is 0 Å². The average molecular weight is 350 g/mol. The summed E-state index contributed by atoms with van der Waals surface area (Å²) in [5, 5.41) is 12.9. The Hall–Kier alpha value is -0.630. The highest BCUT2D eigenvalue weighted by Crippen LogP contribution is 2.43. The van der Waals surface area contributed by atoms with Crippen LogP contribution in [-0.4, -0.2) is 4.75 Å². The normalized spacial score (nSPS) is 14.6. The minimum atomic E-state index is 0.221.